The number of fused-ring (bicyclic) bond motifs is 1. The maximum Gasteiger partial charge on any atom is 0.153 e. The lowest BCUT2D eigenvalue weighted by molar-refractivity contribution is 0.485. The molecule has 88 valence electrons. The van der Waals surface area contributed by atoms with E-state index in [2.05, 4.69) is 9.97 Å². The standard InChI is InChI=1S/C14H11N3O/c15-12-9-16-7-5-14(12)18-11-4-3-10-2-1-6-17-13(10)8-11/h1-9H,15H2. The number of hydrogen-bond acceptors (Lipinski definition) is 4. The van der Waals surface area contributed by atoms with Gasteiger partial charge in [0.1, 0.15) is 5.75 Å². The summed E-state index contributed by atoms with van der Waals surface area (Å²) in [7, 11) is 0. The second-order valence-corrected chi connectivity index (χ2v) is 3.87. The Morgan fingerprint density at radius 1 is 1.06 bits per heavy atom. The van der Waals surface area contributed by atoms with E-state index in [1.165, 1.54) is 0 Å². The van der Waals surface area contributed by atoms with Crippen LogP contribution in [0, 0.1) is 0 Å². The molecule has 0 amide bonds. The Kier molecular flexibility index (Phi) is 2.53. The third kappa shape index (κ3) is 1.96. The number of benzene rings is 1. The van der Waals surface area contributed by atoms with E-state index in [1.807, 2.05) is 30.3 Å². The monoisotopic (exact) mass is 237 g/mol. The molecule has 0 aliphatic heterocycles. The van der Waals surface area contributed by atoms with Gasteiger partial charge in [-0.05, 0) is 18.2 Å². The van der Waals surface area contributed by atoms with Crippen LogP contribution in [-0.4, -0.2) is 9.97 Å². The average molecular weight is 237 g/mol. The lowest BCUT2D eigenvalue weighted by Crippen LogP contribution is -1.92. The van der Waals surface area contributed by atoms with Crippen LogP contribution in [0.25, 0.3) is 10.9 Å². The minimum atomic E-state index is 0.513. The summed E-state index contributed by atoms with van der Waals surface area (Å²) >= 11 is 0. The van der Waals surface area contributed by atoms with Crippen molar-refractivity contribution in [3.05, 3.63) is 55.0 Å². The first-order chi connectivity index (χ1) is 8.83. The van der Waals surface area contributed by atoms with Gasteiger partial charge in [-0.25, -0.2) is 0 Å². The van der Waals surface area contributed by atoms with Gasteiger partial charge >= 0.3 is 0 Å². The number of aromatic nitrogens is 2. The van der Waals surface area contributed by atoms with E-state index in [1.54, 1.807) is 24.7 Å². The van der Waals surface area contributed by atoms with E-state index in [9.17, 15) is 0 Å². The molecule has 0 aliphatic rings. The number of nitrogens with two attached hydrogens (primary N) is 1. The van der Waals surface area contributed by atoms with Crippen LogP contribution in [0.15, 0.2) is 55.0 Å². The Hall–Kier alpha value is -2.62. The topological polar surface area (TPSA) is 61.0 Å². The second kappa shape index (κ2) is 4.33. The molecule has 0 fully saturated rings. The summed E-state index contributed by atoms with van der Waals surface area (Å²) < 4.78 is 5.71. The van der Waals surface area contributed by atoms with E-state index >= 15 is 0 Å². The van der Waals surface area contributed by atoms with Crippen LogP contribution in [0.2, 0.25) is 0 Å². The maximum atomic E-state index is 5.78. The van der Waals surface area contributed by atoms with Crippen molar-refractivity contribution < 1.29 is 4.74 Å². The molecule has 0 aliphatic carbocycles. The fourth-order valence-electron chi connectivity index (χ4n) is 1.72. The van der Waals surface area contributed by atoms with Gasteiger partial charge in [-0.1, -0.05) is 6.07 Å². The number of hydrogen-bond donors (Lipinski definition) is 1. The van der Waals surface area contributed by atoms with Crippen molar-refractivity contribution in [1.82, 2.24) is 9.97 Å². The number of anilines is 1. The minimum absolute atomic E-state index is 0.513. The SMILES string of the molecule is Nc1cnccc1Oc1ccc2cccnc2c1. The summed E-state index contributed by atoms with van der Waals surface area (Å²) in [5.41, 5.74) is 7.18. The van der Waals surface area contributed by atoms with Crippen LogP contribution >= 0.6 is 0 Å². The third-order valence-corrected chi connectivity index (χ3v) is 2.62. The second-order valence-electron chi connectivity index (χ2n) is 3.87. The maximum absolute atomic E-state index is 5.78. The van der Waals surface area contributed by atoms with Gasteiger partial charge in [0.05, 0.1) is 17.4 Å². The molecule has 18 heavy (non-hydrogen) atoms. The Balaban J connectivity index is 1.98. The Labute approximate surface area is 104 Å². The molecule has 4 heteroatoms. The summed E-state index contributed by atoms with van der Waals surface area (Å²) in [6, 6.07) is 11.4. The van der Waals surface area contributed by atoms with Gasteiger partial charge in [-0.3, -0.25) is 9.97 Å². The van der Waals surface area contributed by atoms with Gasteiger partial charge in [0.2, 0.25) is 0 Å². The van der Waals surface area contributed by atoms with E-state index in [0.717, 1.165) is 10.9 Å². The van der Waals surface area contributed by atoms with Crippen LogP contribution in [0.3, 0.4) is 0 Å². The summed E-state index contributed by atoms with van der Waals surface area (Å²) in [4.78, 5) is 8.20. The zero-order chi connectivity index (χ0) is 12.4. The third-order valence-electron chi connectivity index (χ3n) is 2.62. The molecular weight excluding hydrogens is 226 g/mol. The van der Waals surface area contributed by atoms with Crippen LogP contribution in [0.5, 0.6) is 11.5 Å². The lowest BCUT2D eigenvalue weighted by atomic mass is 10.2. The first kappa shape index (κ1) is 10.5. The molecule has 2 aromatic heterocycles. The van der Waals surface area contributed by atoms with Crippen molar-refractivity contribution in [3.63, 3.8) is 0 Å². The first-order valence-corrected chi connectivity index (χ1v) is 5.55. The summed E-state index contributed by atoms with van der Waals surface area (Å²) in [6.45, 7) is 0. The lowest BCUT2D eigenvalue weighted by Gasteiger charge is -2.08. The molecule has 2 N–H and O–H groups in total. The Bertz CT molecular complexity index is 697. The van der Waals surface area contributed by atoms with Crippen molar-refractivity contribution >= 4 is 16.6 Å². The number of nitrogens with zero attached hydrogens (tertiary/aromatic N) is 2. The Morgan fingerprint density at radius 2 is 2.00 bits per heavy atom. The van der Waals surface area contributed by atoms with Crippen molar-refractivity contribution in [3.8, 4) is 11.5 Å². The first-order valence-electron chi connectivity index (χ1n) is 5.55. The zero-order valence-electron chi connectivity index (χ0n) is 9.58. The molecule has 3 rings (SSSR count). The highest BCUT2D eigenvalue weighted by Crippen LogP contribution is 2.27. The largest absolute Gasteiger partial charge is 0.455 e. The minimum Gasteiger partial charge on any atom is -0.455 e. The van der Waals surface area contributed by atoms with E-state index in [-0.39, 0.29) is 0 Å². The van der Waals surface area contributed by atoms with E-state index in [4.69, 9.17) is 10.5 Å². The van der Waals surface area contributed by atoms with Gasteiger partial charge in [0.15, 0.2) is 5.75 Å². The molecule has 4 nitrogen and oxygen atoms in total. The van der Waals surface area contributed by atoms with Crippen LogP contribution < -0.4 is 10.5 Å². The summed E-state index contributed by atoms with van der Waals surface area (Å²) in [5, 5.41) is 1.08. The highest BCUT2D eigenvalue weighted by atomic mass is 16.5. The molecule has 0 radical (unpaired) electrons. The van der Waals surface area contributed by atoms with Gasteiger partial charge in [-0.2, -0.15) is 0 Å². The molecule has 3 aromatic rings. The van der Waals surface area contributed by atoms with Crippen LogP contribution in [0.1, 0.15) is 0 Å². The predicted molar refractivity (Wildman–Crippen MR) is 70.5 cm³/mol. The van der Waals surface area contributed by atoms with Crippen molar-refractivity contribution in [1.29, 1.82) is 0 Å². The van der Waals surface area contributed by atoms with Gasteiger partial charge in [0.25, 0.3) is 0 Å². The predicted octanol–water partition coefficient (Wildman–Crippen LogP) is 3.00. The summed E-state index contributed by atoms with van der Waals surface area (Å²) in [5.74, 6) is 1.30. The highest BCUT2D eigenvalue weighted by molar-refractivity contribution is 5.79. The quantitative estimate of drug-likeness (QED) is 0.744. The number of rotatable bonds is 2. The molecule has 0 unspecified atom stereocenters. The zero-order valence-corrected chi connectivity index (χ0v) is 9.58. The number of pyridine rings is 2. The average Bonchev–Trinajstić information content (AvgIpc) is 2.41. The molecular formula is C14H11N3O. The summed E-state index contributed by atoms with van der Waals surface area (Å²) in [6.07, 6.45) is 4.96. The Morgan fingerprint density at radius 3 is 2.89 bits per heavy atom. The van der Waals surface area contributed by atoms with E-state index < -0.39 is 0 Å². The van der Waals surface area contributed by atoms with Crippen molar-refractivity contribution in [2.45, 2.75) is 0 Å². The van der Waals surface area contributed by atoms with Crippen LogP contribution in [-0.2, 0) is 0 Å². The molecule has 0 saturated carbocycles. The van der Waals surface area contributed by atoms with Gasteiger partial charge < -0.3 is 10.5 Å². The van der Waals surface area contributed by atoms with Gasteiger partial charge in [0, 0.05) is 29.9 Å². The molecule has 1 aromatic carbocycles. The molecule has 0 atom stereocenters. The normalized spacial score (nSPS) is 10.4. The molecule has 0 bridgehead atoms. The van der Waals surface area contributed by atoms with Crippen molar-refractivity contribution in [2.75, 3.05) is 5.73 Å². The van der Waals surface area contributed by atoms with Crippen molar-refractivity contribution in [2.24, 2.45) is 0 Å². The fraction of sp³-hybridized carbons (Fsp3) is 0. The van der Waals surface area contributed by atoms with Crippen LogP contribution in [0.4, 0.5) is 5.69 Å². The number of nitrogen functional groups attached to an aromatic ring is 1. The van der Waals surface area contributed by atoms with E-state index in [0.29, 0.717) is 17.2 Å². The molecule has 0 spiro atoms. The number of ether oxygens (including phenoxy) is 1. The smallest absolute Gasteiger partial charge is 0.153 e. The molecule has 2 heterocycles. The molecule has 0 saturated heterocycles. The fourth-order valence-corrected chi connectivity index (χ4v) is 1.72. The van der Waals surface area contributed by atoms with Gasteiger partial charge in [-0.15, -0.1) is 0 Å². The highest BCUT2D eigenvalue weighted by Gasteiger charge is 2.02.